The minimum Gasteiger partial charge on any atom is -0.0710 e. The smallest absolute Gasteiger partial charge is 0.0173 e. The first-order valence-electron chi connectivity index (χ1n) is 4.98. The van der Waals surface area contributed by atoms with Crippen LogP contribution in [0, 0.1) is 11.3 Å². The molecule has 0 aliphatic rings. The third kappa shape index (κ3) is 3.00. The summed E-state index contributed by atoms with van der Waals surface area (Å²) in [4.78, 5) is 0. The molecule has 0 aromatic carbocycles. The lowest BCUT2D eigenvalue weighted by atomic mass is 9.81. The molecule has 0 aliphatic heterocycles. The predicted molar refractivity (Wildman–Crippen MR) is 57.3 cm³/mol. The zero-order valence-electron chi connectivity index (χ0n) is 9.78. The molecule has 0 heterocycles. The van der Waals surface area contributed by atoms with Gasteiger partial charge in [-0.05, 0) is 31.6 Å². The van der Waals surface area contributed by atoms with E-state index in [4.69, 9.17) is 0 Å². The number of hydrogen-bond acceptors (Lipinski definition) is 0. The van der Waals surface area contributed by atoms with E-state index in [2.05, 4.69) is 48.5 Å². The van der Waals surface area contributed by atoms with Gasteiger partial charge in [-0.25, -0.2) is 0 Å². The summed E-state index contributed by atoms with van der Waals surface area (Å²) in [5.41, 5.74) is 3.47. The largest absolute Gasteiger partial charge is 0.0710 e. The lowest BCUT2D eigenvalue weighted by molar-refractivity contribution is 0.484. The Morgan fingerprint density at radius 1 is 1.17 bits per heavy atom. The van der Waals surface area contributed by atoms with Crippen LogP contribution < -0.4 is 0 Å². The van der Waals surface area contributed by atoms with Crippen molar-refractivity contribution in [3.63, 3.8) is 0 Å². The maximum absolute atomic E-state index is 2.31. The molecular weight excluding hydrogens is 144 g/mol. The molecule has 0 N–H and O–H groups in total. The van der Waals surface area contributed by atoms with E-state index in [1.54, 1.807) is 11.1 Å². The maximum atomic E-state index is 2.31. The number of rotatable bonds is 2. The van der Waals surface area contributed by atoms with Gasteiger partial charge in [-0.1, -0.05) is 45.8 Å². The predicted octanol–water partition coefficient (Wildman–Crippen LogP) is 4.42. The fourth-order valence-corrected chi connectivity index (χ4v) is 1.27. The Morgan fingerprint density at radius 3 is 1.83 bits per heavy atom. The number of allylic oxidation sites excluding steroid dienone is 2. The standard InChI is InChI=1S/C12H24/c1-8-9(2)10(3)11(4)12(5,6)7/h9H,8H2,1-7H3/b11-10+. The van der Waals surface area contributed by atoms with Gasteiger partial charge in [-0.2, -0.15) is 0 Å². The van der Waals surface area contributed by atoms with Gasteiger partial charge in [0.05, 0.1) is 0 Å². The number of hydrogen-bond donors (Lipinski definition) is 0. The molecule has 0 heteroatoms. The van der Waals surface area contributed by atoms with Gasteiger partial charge < -0.3 is 0 Å². The lowest BCUT2D eigenvalue weighted by Crippen LogP contribution is -2.11. The highest BCUT2D eigenvalue weighted by molar-refractivity contribution is 5.17. The van der Waals surface area contributed by atoms with Crippen molar-refractivity contribution >= 4 is 0 Å². The molecular formula is C12H24. The maximum Gasteiger partial charge on any atom is -0.0173 e. The fraction of sp³-hybridized carbons (Fsp3) is 0.833. The van der Waals surface area contributed by atoms with Crippen molar-refractivity contribution in [2.75, 3.05) is 0 Å². The van der Waals surface area contributed by atoms with E-state index in [-0.39, 0.29) is 0 Å². The molecule has 0 saturated carbocycles. The molecule has 0 spiro atoms. The molecule has 0 saturated heterocycles. The monoisotopic (exact) mass is 168 g/mol. The van der Waals surface area contributed by atoms with Crippen LogP contribution in [0.25, 0.3) is 0 Å². The lowest BCUT2D eigenvalue weighted by Gasteiger charge is -2.25. The molecule has 0 aromatic heterocycles. The molecule has 0 nitrogen and oxygen atoms in total. The highest BCUT2D eigenvalue weighted by atomic mass is 14.2. The van der Waals surface area contributed by atoms with Gasteiger partial charge in [0.2, 0.25) is 0 Å². The molecule has 0 aromatic rings. The molecule has 12 heavy (non-hydrogen) atoms. The van der Waals surface area contributed by atoms with Crippen molar-refractivity contribution in [1.29, 1.82) is 0 Å². The van der Waals surface area contributed by atoms with E-state index in [0.29, 0.717) is 5.41 Å². The van der Waals surface area contributed by atoms with Crippen molar-refractivity contribution in [3.05, 3.63) is 11.1 Å². The second-order valence-corrected chi connectivity index (χ2v) is 4.87. The van der Waals surface area contributed by atoms with Crippen LogP contribution in [0.15, 0.2) is 11.1 Å². The van der Waals surface area contributed by atoms with Crippen LogP contribution in [-0.2, 0) is 0 Å². The minimum atomic E-state index is 0.341. The highest BCUT2D eigenvalue weighted by Gasteiger charge is 2.16. The Bertz CT molecular complexity index is 167. The molecule has 1 unspecified atom stereocenters. The summed E-state index contributed by atoms with van der Waals surface area (Å²) in [5, 5.41) is 0. The van der Waals surface area contributed by atoms with Crippen molar-refractivity contribution in [3.8, 4) is 0 Å². The molecule has 0 aliphatic carbocycles. The van der Waals surface area contributed by atoms with Crippen molar-refractivity contribution in [2.24, 2.45) is 11.3 Å². The van der Waals surface area contributed by atoms with Gasteiger partial charge in [0.25, 0.3) is 0 Å². The first-order valence-corrected chi connectivity index (χ1v) is 4.98. The van der Waals surface area contributed by atoms with E-state index >= 15 is 0 Å². The Labute approximate surface area is 78.1 Å². The zero-order chi connectivity index (χ0) is 9.94. The summed E-state index contributed by atoms with van der Waals surface area (Å²) in [7, 11) is 0. The Kier molecular flexibility index (Phi) is 4.02. The molecule has 0 fully saturated rings. The van der Waals surface area contributed by atoms with Gasteiger partial charge in [-0.3, -0.25) is 0 Å². The third-order valence-electron chi connectivity index (χ3n) is 3.07. The van der Waals surface area contributed by atoms with Gasteiger partial charge in [-0.15, -0.1) is 0 Å². The van der Waals surface area contributed by atoms with Crippen LogP contribution >= 0.6 is 0 Å². The summed E-state index contributed by atoms with van der Waals surface area (Å²) >= 11 is 0. The van der Waals surface area contributed by atoms with Crippen LogP contribution in [0.2, 0.25) is 0 Å². The van der Waals surface area contributed by atoms with Crippen LogP contribution in [-0.4, -0.2) is 0 Å². The molecule has 0 radical (unpaired) electrons. The van der Waals surface area contributed by atoms with Crippen molar-refractivity contribution in [1.82, 2.24) is 0 Å². The van der Waals surface area contributed by atoms with Crippen molar-refractivity contribution < 1.29 is 0 Å². The van der Waals surface area contributed by atoms with E-state index in [0.717, 1.165) is 5.92 Å². The second-order valence-electron chi connectivity index (χ2n) is 4.87. The van der Waals surface area contributed by atoms with Gasteiger partial charge >= 0.3 is 0 Å². The van der Waals surface area contributed by atoms with Gasteiger partial charge in [0.15, 0.2) is 0 Å². The molecule has 72 valence electrons. The summed E-state index contributed by atoms with van der Waals surface area (Å²) in [6, 6.07) is 0. The molecule has 0 rings (SSSR count). The van der Waals surface area contributed by atoms with Crippen LogP contribution in [0.3, 0.4) is 0 Å². The first kappa shape index (κ1) is 11.7. The highest BCUT2D eigenvalue weighted by Crippen LogP contribution is 2.30. The molecule has 0 bridgehead atoms. The summed E-state index contributed by atoms with van der Waals surface area (Å²) in [5.74, 6) is 0.740. The Hall–Kier alpha value is -0.260. The fourth-order valence-electron chi connectivity index (χ4n) is 1.27. The first-order chi connectivity index (χ1) is 5.30. The minimum absolute atomic E-state index is 0.341. The second kappa shape index (κ2) is 4.11. The SMILES string of the molecule is CCC(C)/C(C)=C(\C)C(C)(C)C. The van der Waals surface area contributed by atoms with Crippen LogP contribution in [0.5, 0.6) is 0 Å². The Balaban J connectivity index is 4.69. The summed E-state index contributed by atoms with van der Waals surface area (Å²) < 4.78 is 0. The van der Waals surface area contributed by atoms with Crippen LogP contribution in [0.1, 0.15) is 54.9 Å². The normalized spacial score (nSPS) is 17.2. The summed E-state index contributed by atoms with van der Waals surface area (Å²) in [6.45, 7) is 16.0. The zero-order valence-corrected chi connectivity index (χ0v) is 9.78. The van der Waals surface area contributed by atoms with E-state index in [9.17, 15) is 0 Å². The molecule has 0 amide bonds. The Morgan fingerprint density at radius 2 is 1.58 bits per heavy atom. The third-order valence-corrected chi connectivity index (χ3v) is 3.07. The van der Waals surface area contributed by atoms with E-state index in [1.807, 2.05) is 0 Å². The van der Waals surface area contributed by atoms with Gasteiger partial charge in [0, 0.05) is 0 Å². The van der Waals surface area contributed by atoms with Crippen molar-refractivity contribution in [2.45, 2.75) is 54.9 Å². The average Bonchev–Trinajstić information content (AvgIpc) is 1.98. The average molecular weight is 168 g/mol. The van der Waals surface area contributed by atoms with Gasteiger partial charge in [0.1, 0.15) is 0 Å². The van der Waals surface area contributed by atoms with Crippen LogP contribution in [0.4, 0.5) is 0 Å². The quantitative estimate of drug-likeness (QED) is 0.536. The summed E-state index contributed by atoms with van der Waals surface area (Å²) in [6.07, 6.45) is 1.25. The molecule has 1 atom stereocenters. The van der Waals surface area contributed by atoms with E-state index in [1.165, 1.54) is 6.42 Å². The topological polar surface area (TPSA) is 0 Å². The van der Waals surface area contributed by atoms with E-state index < -0.39 is 0 Å².